The maximum absolute atomic E-state index is 10.7. The fourth-order valence-electron chi connectivity index (χ4n) is 2.82. The van der Waals surface area contributed by atoms with E-state index in [0.29, 0.717) is 30.4 Å². The molecule has 0 saturated heterocycles. The SMILES string of the molecule is C#CC[N+](CC#C)(CCCCCCCC)CCCCS(=O)(=O)[O-]. The van der Waals surface area contributed by atoms with Gasteiger partial charge in [-0.05, 0) is 37.5 Å². The molecule has 0 spiro atoms. The highest BCUT2D eigenvalue weighted by molar-refractivity contribution is 7.85. The van der Waals surface area contributed by atoms with Crippen LogP contribution in [0, 0.1) is 24.7 Å². The van der Waals surface area contributed by atoms with Crippen molar-refractivity contribution in [1.29, 1.82) is 0 Å². The monoisotopic (exact) mass is 341 g/mol. The van der Waals surface area contributed by atoms with E-state index in [-0.39, 0.29) is 5.75 Å². The van der Waals surface area contributed by atoms with Gasteiger partial charge in [0.15, 0.2) is 0 Å². The molecule has 0 N–H and O–H groups in total. The zero-order chi connectivity index (χ0) is 17.6. The second-order valence-electron chi connectivity index (χ2n) is 6.25. The van der Waals surface area contributed by atoms with Crippen LogP contribution < -0.4 is 0 Å². The fourth-order valence-corrected chi connectivity index (χ4v) is 3.38. The van der Waals surface area contributed by atoms with Crippen molar-refractivity contribution in [2.24, 2.45) is 0 Å². The Morgan fingerprint density at radius 3 is 1.83 bits per heavy atom. The van der Waals surface area contributed by atoms with Crippen LogP contribution in [-0.4, -0.2) is 49.4 Å². The first kappa shape index (κ1) is 22.0. The summed E-state index contributed by atoms with van der Waals surface area (Å²) in [6.45, 7) is 4.97. The van der Waals surface area contributed by atoms with Gasteiger partial charge in [0.25, 0.3) is 0 Å². The molecular formula is C18H31NO3S. The molecule has 23 heavy (non-hydrogen) atoms. The van der Waals surface area contributed by atoms with E-state index in [9.17, 15) is 13.0 Å². The lowest BCUT2D eigenvalue weighted by Gasteiger charge is -2.35. The van der Waals surface area contributed by atoms with Crippen molar-refractivity contribution < 1.29 is 17.5 Å². The van der Waals surface area contributed by atoms with Crippen LogP contribution in [-0.2, 0) is 10.1 Å². The van der Waals surface area contributed by atoms with Crippen molar-refractivity contribution >= 4 is 10.1 Å². The Morgan fingerprint density at radius 1 is 0.870 bits per heavy atom. The first-order valence-corrected chi connectivity index (χ1v) is 10.1. The van der Waals surface area contributed by atoms with E-state index in [1.807, 2.05) is 0 Å². The number of terminal acetylenes is 2. The van der Waals surface area contributed by atoms with Crippen LogP contribution in [0.5, 0.6) is 0 Å². The van der Waals surface area contributed by atoms with E-state index in [1.165, 1.54) is 32.1 Å². The van der Waals surface area contributed by atoms with Gasteiger partial charge in [0, 0.05) is 5.75 Å². The van der Waals surface area contributed by atoms with Crippen LogP contribution in [0.3, 0.4) is 0 Å². The normalized spacial score (nSPS) is 11.8. The van der Waals surface area contributed by atoms with E-state index in [1.54, 1.807) is 0 Å². The molecule has 0 aromatic carbocycles. The van der Waals surface area contributed by atoms with Crippen molar-refractivity contribution in [2.75, 3.05) is 31.9 Å². The lowest BCUT2D eigenvalue weighted by molar-refractivity contribution is -0.915. The Kier molecular flexibility index (Phi) is 11.9. The zero-order valence-corrected chi connectivity index (χ0v) is 15.2. The molecule has 0 aliphatic rings. The standard InChI is InChI=1S/C18H31NO3S/c1-4-7-8-9-10-11-16-19(14-5-2,15-6-3)17-12-13-18-23(20,21)22/h2-3H,4,7-18H2,1H3. The third-order valence-corrected chi connectivity index (χ3v) is 4.90. The van der Waals surface area contributed by atoms with Gasteiger partial charge in [-0.25, -0.2) is 8.42 Å². The fraction of sp³-hybridized carbons (Fsp3) is 0.778. The molecule has 0 saturated carbocycles. The number of hydrogen-bond acceptors (Lipinski definition) is 3. The van der Waals surface area contributed by atoms with Crippen molar-refractivity contribution in [2.45, 2.75) is 58.3 Å². The van der Waals surface area contributed by atoms with Gasteiger partial charge in [-0.1, -0.05) is 32.6 Å². The van der Waals surface area contributed by atoms with Crippen LogP contribution in [0.15, 0.2) is 0 Å². The summed E-state index contributed by atoms with van der Waals surface area (Å²) in [7, 11) is -4.13. The molecule has 5 heteroatoms. The highest BCUT2D eigenvalue weighted by atomic mass is 32.2. The lowest BCUT2D eigenvalue weighted by atomic mass is 10.1. The number of unbranched alkanes of at least 4 members (excludes halogenated alkanes) is 6. The molecule has 0 rings (SSSR count). The quantitative estimate of drug-likeness (QED) is 0.211. The maximum atomic E-state index is 10.7. The molecule has 0 unspecified atom stereocenters. The summed E-state index contributed by atoms with van der Waals surface area (Å²) in [5, 5.41) is 0. The van der Waals surface area contributed by atoms with Gasteiger partial charge < -0.3 is 9.04 Å². The molecule has 4 nitrogen and oxygen atoms in total. The maximum Gasteiger partial charge on any atom is 0.141 e. The molecule has 0 heterocycles. The topological polar surface area (TPSA) is 57.2 Å². The second-order valence-corrected chi connectivity index (χ2v) is 7.77. The van der Waals surface area contributed by atoms with Crippen LogP contribution in [0.25, 0.3) is 0 Å². The number of quaternary nitrogens is 1. The van der Waals surface area contributed by atoms with Gasteiger partial charge in [0.2, 0.25) is 0 Å². The number of rotatable bonds is 14. The first-order valence-electron chi connectivity index (χ1n) is 8.55. The van der Waals surface area contributed by atoms with E-state index < -0.39 is 10.1 Å². The Bertz CT molecular complexity index is 469. The first-order chi connectivity index (χ1) is 10.9. The Labute approximate surface area is 143 Å². The van der Waals surface area contributed by atoms with Gasteiger partial charge in [0.1, 0.15) is 13.1 Å². The van der Waals surface area contributed by atoms with Gasteiger partial charge in [-0.2, -0.15) is 0 Å². The minimum atomic E-state index is -4.13. The molecule has 0 aromatic heterocycles. The van der Waals surface area contributed by atoms with Gasteiger partial charge in [0.05, 0.1) is 23.2 Å². The Balaban J connectivity index is 4.39. The summed E-state index contributed by atoms with van der Waals surface area (Å²) in [6.07, 6.45) is 19.3. The van der Waals surface area contributed by atoms with E-state index in [2.05, 4.69) is 18.8 Å². The summed E-state index contributed by atoms with van der Waals surface area (Å²) in [5.74, 6) is 5.11. The zero-order valence-electron chi connectivity index (χ0n) is 14.4. The van der Waals surface area contributed by atoms with Gasteiger partial charge in [-0.3, -0.25) is 0 Å². The number of nitrogens with zero attached hydrogens (tertiary/aromatic N) is 1. The molecule has 0 bridgehead atoms. The Morgan fingerprint density at radius 2 is 1.35 bits per heavy atom. The summed E-state index contributed by atoms with van der Waals surface area (Å²) in [4.78, 5) is 0. The van der Waals surface area contributed by atoms with Gasteiger partial charge in [-0.15, -0.1) is 12.8 Å². The van der Waals surface area contributed by atoms with Crippen LogP contribution in [0.1, 0.15) is 58.3 Å². The number of hydrogen-bond donors (Lipinski definition) is 0. The molecule has 0 amide bonds. The molecule has 0 radical (unpaired) electrons. The molecule has 0 aliphatic heterocycles. The minimum absolute atomic E-state index is 0.309. The molecule has 0 aliphatic carbocycles. The molecule has 0 aromatic rings. The van der Waals surface area contributed by atoms with Gasteiger partial charge >= 0.3 is 0 Å². The summed E-state index contributed by atoms with van der Waals surface area (Å²) >= 11 is 0. The van der Waals surface area contributed by atoms with Crippen LogP contribution in [0.4, 0.5) is 0 Å². The van der Waals surface area contributed by atoms with Crippen LogP contribution >= 0.6 is 0 Å². The predicted molar refractivity (Wildman–Crippen MR) is 94.6 cm³/mol. The highest BCUT2D eigenvalue weighted by Gasteiger charge is 2.24. The summed E-state index contributed by atoms with van der Waals surface area (Å²) in [6, 6.07) is 0. The molecule has 0 fully saturated rings. The van der Waals surface area contributed by atoms with E-state index in [4.69, 9.17) is 12.8 Å². The highest BCUT2D eigenvalue weighted by Crippen LogP contribution is 2.14. The smallest absolute Gasteiger partial charge is 0.141 e. The Hall–Kier alpha value is -1.01. The average molecular weight is 342 g/mol. The molecule has 132 valence electrons. The van der Waals surface area contributed by atoms with Crippen molar-refractivity contribution in [3.05, 3.63) is 0 Å². The second kappa shape index (κ2) is 12.4. The summed E-state index contributed by atoms with van der Waals surface area (Å²) in [5.41, 5.74) is 0. The minimum Gasteiger partial charge on any atom is -0.748 e. The third-order valence-electron chi connectivity index (χ3n) is 4.12. The third kappa shape index (κ3) is 12.1. The van der Waals surface area contributed by atoms with Crippen LogP contribution in [0.2, 0.25) is 0 Å². The molecule has 0 atom stereocenters. The summed E-state index contributed by atoms with van der Waals surface area (Å²) < 4.78 is 32.7. The van der Waals surface area contributed by atoms with Crippen molar-refractivity contribution in [3.8, 4) is 24.7 Å². The van der Waals surface area contributed by atoms with E-state index in [0.717, 1.165) is 19.5 Å². The average Bonchev–Trinajstić information content (AvgIpc) is 2.47. The molecular weight excluding hydrogens is 310 g/mol. The largest absolute Gasteiger partial charge is 0.748 e. The lowest BCUT2D eigenvalue weighted by Crippen LogP contribution is -2.50. The predicted octanol–water partition coefficient (Wildman–Crippen LogP) is 2.76. The van der Waals surface area contributed by atoms with Crippen molar-refractivity contribution in [1.82, 2.24) is 0 Å². The van der Waals surface area contributed by atoms with Crippen molar-refractivity contribution in [3.63, 3.8) is 0 Å². The van der Waals surface area contributed by atoms with E-state index >= 15 is 0 Å².